The lowest BCUT2D eigenvalue weighted by atomic mass is 9.90. The summed E-state index contributed by atoms with van der Waals surface area (Å²) in [5.41, 5.74) is 7.93. The monoisotopic (exact) mass is 564 g/mol. The van der Waals surface area contributed by atoms with Gasteiger partial charge in [0.2, 0.25) is 0 Å². The lowest BCUT2D eigenvalue weighted by Gasteiger charge is -2.15. The van der Waals surface area contributed by atoms with E-state index < -0.39 is 0 Å². The number of rotatable bonds is 4. The molecule has 6 aromatic carbocycles. The number of fused-ring (bicyclic) bond motifs is 6. The second-order valence-electron chi connectivity index (χ2n) is 11.2. The van der Waals surface area contributed by atoms with Gasteiger partial charge in [-0.1, -0.05) is 115 Å². The summed E-state index contributed by atoms with van der Waals surface area (Å²) in [7, 11) is 0. The third kappa shape index (κ3) is 4.40. The highest BCUT2D eigenvalue weighted by Gasteiger charge is 2.17. The van der Waals surface area contributed by atoms with Crippen molar-refractivity contribution in [2.24, 2.45) is 0 Å². The molecule has 2 heterocycles. The molecule has 8 rings (SSSR count). The fraction of sp³-hybridized carbons (Fsp3) is 0.0500. The Bertz CT molecular complexity index is 2290. The molecule has 0 saturated heterocycles. The van der Waals surface area contributed by atoms with Gasteiger partial charge in [0.15, 0.2) is 11.6 Å². The van der Waals surface area contributed by atoms with Crippen LogP contribution in [0.2, 0.25) is 0 Å². The molecule has 44 heavy (non-hydrogen) atoms. The van der Waals surface area contributed by atoms with Crippen molar-refractivity contribution in [2.75, 3.05) is 0 Å². The highest BCUT2D eigenvalue weighted by molar-refractivity contribution is 6.26. The summed E-state index contributed by atoms with van der Waals surface area (Å²) in [6, 6.07) is 44.3. The third-order valence-corrected chi connectivity index (χ3v) is 8.42. The van der Waals surface area contributed by atoms with E-state index in [-0.39, 0.29) is 0 Å². The molecule has 0 spiro atoms. The fourth-order valence-corrected chi connectivity index (χ4v) is 6.25. The van der Waals surface area contributed by atoms with E-state index in [2.05, 4.69) is 91.9 Å². The van der Waals surface area contributed by atoms with Crippen LogP contribution in [0, 0.1) is 13.8 Å². The molecule has 0 fully saturated rings. The SMILES string of the molecule is Cc1cc2c3ccccc3c3ccccc3c2cc1-c1cnc(-c2nc(-c3ccccc3)cc(-c3ccccc3)n2)nc1C. The van der Waals surface area contributed by atoms with Crippen LogP contribution < -0.4 is 0 Å². The smallest absolute Gasteiger partial charge is 0.198 e. The van der Waals surface area contributed by atoms with Crippen LogP contribution >= 0.6 is 0 Å². The Kier molecular flexibility index (Phi) is 6.20. The molecule has 8 aromatic rings. The van der Waals surface area contributed by atoms with Gasteiger partial charge in [-0.25, -0.2) is 19.9 Å². The summed E-state index contributed by atoms with van der Waals surface area (Å²) in [5, 5.41) is 7.55. The lowest BCUT2D eigenvalue weighted by Crippen LogP contribution is -2.02. The first-order valence-corrected chi connectivity index (χ1v) is 14.8. The highest BCUT2D eigenvalue weighted by Crippen LogP contribution is 2.39. The molecular formula is C40H28N4. The zero-order valence-electron chi connectivity index (χ0n) is 24.5. The molecule has 0 aliphatic rings. The van der Waals surface area contributed by atoms with E-state index in [1.54, 1.807) is 0 Å². The van der Waals surface area contributed by atoms with Crippen molar-refractivity contribution in [3.8, 4) is 45.3 Å². The molecule has 0 aliphatic heterocycles. The second-order valence-corrected chi connectivity index (χ2v) is 11.2. The van der Waals surface area contributed by atoms with Gasteiger partial charge in [0.25, 0.3) is 0 Å². The van der Waals surface area contributed by atoms with Gasteiger partial charge in [-0.05, 0) is 69.4 Å². The maximum absolute atomic E-state index is 4.99. The van der Waals surface area contributed by atoms with Crippen molar-refractivity contribution in [2.45, 2.75) is 13.8 Å². The van der Waals surface area contributed by atoms with Crippen molar-refractivity contribution in [1.82, 2.24) is 19.9 Å². The molecule has 0 unspecified atom stereocenters. The van der Waals surface area contributed by atoms with Gasteiger partial charge in [-0.15, -0.1) is 0 Å². The minimum Gasteiger partial charge on any atom is -0.233 e. The van der Waals surface area contributed by atoms with Gasteiger partial charge in [0, 0.05) is 28.6 Å². The van der Waals surface area contributed by atoms with Gasteiger partial charge in [0.1, 0.15) is 0 Å². The predicted octanol–water partition coefficient (Wildman–Crippen LogP) is 10.0. The topological polar surface area (TPSA) is 51.6 Å². The number of benzene rings is 6. The van der Waals surface area contributed by atoms with Gasteiger partial charge in [-0.2, -0.15) is 0 Å². The normalized spacial score (nSPS) is 11.4. The summed E-state index contributed by atoms with van der Waals surface area (Å²) in [5.74, 6) is 1.02. The van der Waals surface area contributed by atoms with Crippen molar-refractivity contribution < 1.29 is 0 Å². The van der Waals surface area contributed by atoms with Crippen molar-refractivity contribution in [3.63, 3.8) is 0 Å². The molecule has 0 saturated carbocycles. The summed E-state index contributed by atoms with van der Waals surface area (Å²) < 4.78 is 0. The molecule has 0 N–H and O–H groups in total. The lowest BCUT2D eigenvalue weighted by molar-refractivity contribution is 1.05. The average Bonchev–Trinajstić information content (AvgIpc) is 3.09. The predicted molar refractivity (Wildman–Crippen MR) is 181 cm³/mol. The van der Waals surface area contributed by atoms with Crippen LogP contribution in [0.4, 0.5) is 0 Å². The Morgan fingerprint density at radius 2 is 0.886 bits per heavy atom. The molecular weight excluding hydrogens is 536 g/mol. The first kappa shape index (κ1) is 25.9. The van der Waals surface area contributed by atoms with Crippen LogP contribution in [0.3, 0.4) is 0 Å². The molecule has 4 nitrogen and oxygen atoms in total. The molecule has 0 radical (unpaired) electrons. The van der Waals surface area contributed by atoms with Gasteiger partial charge in [0.05, 0.1) is 11.4 Å². The molecule has 4 heteroatoms. The number of nitrogens with zero attached hydrogens (tertiary/aromatic N) is 4. The van der Waals surface area contributed by atoms with Crippen LogP contribution in [0.15, 0.2) is 134 Å². The molecule has 0 bridgehead atoms. The second kappa shape index (κ2) is 10.5. The van der Waals surface area contributed by atoms with Crippen LogP contribution in [0.25, 0.3) is 77.6 Å². The van der Waals surface area contributed by atoms with Crippen molar-refractivity contribution >= 4 is 32.3 Å². The molecule has 2 aromatic heterocycles. The molecule has 208 valence electrons. The average molecular weight is 565 g/mol. The van der Waals surface area contributed by atoms with E-state index in [1.165, 1.54) is 37.9 Å². The summed E-state index contributed by atoms with van der Waals surface area (Å²) in [6.07, 6.45) is 1.93. The largest absolute Gasteiger partial charge is 0.233 e. The third-order valence-electron chi connectivity index (χ3n) is 8.42. The zero-order chi connectivity index (χ0) is 29.6. The standard InChI is InChI=1S/C40H28N4/c1-25-21-34-31-19-11-9-17-29(31)30-18-10-12-20-32(30)35(34)22-33(25)36-24-41-39(42-26(36)2)40-43-37(27-13-5-3-6-14-27)23-38(44-40)28-15-7-4-8-16-28/h3-24H,1-2H3. The zero-order valence-corrected chi connectivity index (χ0v) is 24.5. The Morgan fingerprint density at radius 1 is 0.409 bits per heavy atom. The van der Waals surface area contributed by atoms with Crippen molar-refractivity contribution in [3.05, 3.63) is 145 Å². The maximum Gasteiger partial charge on any atom is 0.198 e. The van der Waals surface area contributed by atoms with E-state index >= 15 is 0 Å². The molecule has 0 atom stereocenters. The van der Waals surface area contributed by atoms with E-state index in [1.807, 2.05) is 55.6 Å². The maximum atomic E-state index is 4.99. The number of aryl methyl sites for hydroxylation is 2. The van der Waals surface area contributed by atoms with Crippen LogP contribution in [-0.4, -0.2) is 19.9 Å². The Balaban J connectivity index is 1.28. The first-order valence-electron chi connectivity index (χ1n) is 14.8. The van der Waals surface area contributed by atoms with Crippen LogP contribution in [0.1, 0.15) is 11.3 Å². The minimum absolute atomic E-state index is 0.507. The van der Waals surface area contributed by atoms with E-state index in [9.17, 15) is 0 Å². The van der Waals surface area contributed by atoms with Crippen molar-refractivity contribution in [1.29, 1.82) is 0 Å². The Labute approximate surface area is 255 Å². The highest BCUT2D eigenvalue weighted by atomic mass is 15.0. The van der Waals surface area contributed by atoms with E-state index in [4.69, 9.17) is 19.9 Å². The molecule has 0 amide bonds. The summed E-state index contributed by atoms with van der Waals surface area (Å²) >= 11 is 0. The fourth-order valence-electron chi connectivity index (χ4n) is 6.25. The van der Waals surface area contributed by atoms with E-state index in [0.717, 1.165) is 39.3 Å². The minimum atomic E-state index is 0.507. The summed E-state index contributed by atoms with van der Waals surface area (Å²) in [6.45, 7) is 4.21. The van der Waals surface area contributed by atoms with Crippen LogP contribution in [-0.2, 0) is 0 Å². The Morgan fingerprint density at radius 3 is 1.41 bits per heavy atom. The number of aromatic nitrogens is 4. The summed E-state index contributed by atoms with van der Waals surface area (Å²) in [4.78, 5) is 19.7. The van der Waals surface area contributed by atoms with Gasteiger partial charge < -0.3 is 0 Å². The number of hydrogen-bond acceptors (Lipinski definition) is 4. The number of hydrogen-bond donors (Lipinski definition) is 0. The Hall–Kier alpha value is -5.74. The molecule has 0 aliphatic carbocycles. The van der Waals surface area contributed by atoms with E-state index in [0.29, 0.717) is 11.6 Å². The quantitative estimate of drug-likeness (QED) is 0.200. The van der Waals surface area contributed by atoms with Crippen LogP contribution in [0.5, 0.6) is 0 Å². The van der Waals surface area contributed by atoms with Gasteiger partial charge in [-0.3, -0.25) is 0 Å². The van der Waals surface area contributed by atoms with Gasteiger partial charge >= 0.3 is 0 Å². The first-order chi connectivity index (χ1) is 21.6.